The van der Waals surface area contributed by atoms with Gasteiger partial charge in [0, 0.05) is 128 Å². The van der Waals surface area contributed by atoms with Crippen LogP contribution in [0.15, 0.2) is 207 Å². The molecule has 18 nitrogen and oxygen atoms in total. The van der Waals surface area contributed by atoms with Crippen molar-refractivity contribution in [2.45, 2.75) is 0 Å². The number of nitro groups is 2. The Bertz CT molecular complexity index is 3430. The molecule has 6 N–H and O–H groups in total. The van der Waals surface area contributed by atoms with Crippen LogP contribution in [-0.4, -0.2) is 31.6 Å². The van der Waals surface area contributed by atoms with Gasteiger partial charge in [-0.05, 0) is 121 Å². The molecule has 0 atom stereocenters. The fraction of sp³-hybridized carbons (Fsp3) is 0.0357. The zero-order chi connectivity index (χ0) is 51.6. The fourth-order valence-corrected chi connectivity index (χ4v) is 7.62. The Balaban J connectivity index is 0.000000216. The summed E-state index contributed by atoms with van der Waals surface area (Å²) in [5, 5.41) is 42.6. The zero-order valence-corrected chi connectivity index (χ0v) is 42.0. The van der Waals surface area contributed by atoms with E-state index in [0.29, 0.717) is 33.5 Å². The number of non-ortho nitro benzene ring substituents is 2. The summed E-state index contributed by atoms with van der Waals surface area (Å²) in [6, 6.07) is 49.8. The van der Waals surface area contributed by atoms with E-state index in [9.17, 15) is 29.8 Å². The van der Waals surface area contributed by atoms with E-state index in [2.05, 4.69) is 41.9 Å². The normalized spacial score (nSPS) is 10.3. The highest BCUT2D eigenvalue weighted by Gasteiger charge is 2.13. The number of pyridine rings is 4. The first kappa shape index (κ1) is 53.8. The van der Waals surface area contributed by atoms with Crippen LogP contribution < -0.4 is 65.8 Å². The van der Waals surface area contributed by atoms with Crippen molar-refractivity contribution < 1.29 is 53.4 Å². The molecule has 2 amide bonds. The number of nitrogens with one attached hydrogen (secondary N) is 6. The van der Waals surface area contributed by atoms with E-state index in [4.69, 9.17) is 0 Å². The number of carbonyl (C=O) groups excluding carboxylic acids is 2. The molecule has 10 aromatic rings. The summed E-state index contributed by atoms with van der Waals surface area (Å²) in [6.07, 6.45) is 11.0. The molecule has 0 saturated carbocycles. The Hall–Kier alpha value is -10.0. The lowest BCUT2D eigenvalue weighted by Gasteiger charge is -2.11. The number of anilines is 10. The van der Waals surface area contributed by atoms with Crippen LogP contribution in [-0.2, 0) is 14.1 Å². The van der Waals surface area contributed by atoms with Gasteiger partial charge >= 0.3 is 0 Å². The summed E-state index contributed by atoms with van der Waals surface area (Å²) >= 11 is 0. The maximum Gasteiger partial charge on any atom is 0.271 e. The third-order valence-corrected chi connectivity index (χ3v) is 11.5. The Morgan fingerprint density at radius 2 is 0.711 bits per heavy atom. The van der Waals surface area contributed by atoms with E-state index in [-0.39, 0.29) is 48.0 Å². The number of hydrogen-bond acceptors (Lipinski definition) is 12. The molecule has 10 rings (SSSR count). The van der Waals surface area contributed by atoms with E-state index in [1.54, 1.807) is 85.2 Å². The van der Waals surface area contributed by atoms with Gasteiger partial charge in [-0.1, -0.05) is 0 Å². The Kier molecular flexibility index (Phi) is 17.4. The van der Waals surface area contributed by atoms with Crippen molar-refractivity contribution in [3.8, 4) is 0 Å². The second-order valence-electron chi connectivity index (χ2n) is 16.9. The van der Waals surface area contributed by atoms with Gasteiger partial charge in [0.2, 0.25) is 0 Å². The summed E-state index contributed by atoms with van der Waals surface area (Å²) in [5.74, 6) is -0.436. The molecular weight excluding hydrogens is 1010 g/mol. The van der Waals surface area contributed by atoms with Gasteiger partial charge in [0.05, 0.1) is 32.3 Å². The van der Waals surface area contributed by atoms with Crippen LogP contribution in [0.5, 0.6) is 0 Å². The summed E-state index contributed by atoms with van der Waals surface area (Å²) in [7, 11) is 3.93. The minimum absolute atomic E-state index is 0. The first-order chi connectivity index (χ1) is 35.9. The highest BCUT2D eigenvalue weighted by atomic mass is 35.5. The Morgan fingerprint density at radius 1 is 0.408 bits per heavy atom. The predicted molar refractivity (Wildman–Crippen MR) is 287 cm³/mol. The Labute approximate surface area is 447 Å². The molecule has 76 heavy (non-hydrogen) atoms. The van der Waals surface area contributed by atoms with Gasteiger partial charge in [-0.25, -0.2) is 9.13 Å². The van der Waals surface area contributed by atoms with Gasteiger partial charge in [-0.3, -0.25) is 39.8 Å². The van der Waals surface area contributed by atoms with Crippen LogP contribution in [0.1, 0.15) is 20.7 Å². The minimum Gasteiger partial charge on any atom is -1.00 e. The number of fused-ring (bicyclic) bond motifs is 2. The molecule has 0 aliphatic heterocycles. The van der Waals surface area contributed by atoms with Crippen molar-refractivity contribution in [2.24, 2.45) is 14.1 Å². The first-order valence-electron chi connectivity index (χ1n) is 23.0. The lowest BCUT2D eigenvalue weighted by atomic mass is 10.1. The highest BCUT2D eigenvalue weighted by Crippen LogP contribution is 2.30. The van der Waals surface area contributed by atoms with Crippen molar-refractivity contribution >= 4 is 102 Å². The lowest BCUT2D eigenvalue weighted by Crippen LogP contribution is -3.00. The number of nitrogens with zero attached hydrogens (tertiary/aromatic N) is 6. The third kappa shape index (κ3) is 13.7. The summed E-state index contributed by atoms with van der Waals surface area (Å²) in [6.45, 7) is 0. The molecule has 0 aliphatic carbocycles. The molecule has 0 spiro atoms. The van der Waals surface area contributed by atoms with Crippen molar-refractivity contribution in [3.63, 3.8) is 0 Å². The van der Waals surface area contributed by atoms with Crippen molar-refractivity contribution in [1.29, 1.82) is 0 Å². The van der Waals surface area contributed by atoms with Crippen LogP contribution >= 0.6 is 0 Å². The van der Waals surface area contributed by atoms with E-state index in [0.717, 1.165) is 56.3 Å². The molecule has 0 unspecified atom stereocenters. The monoisotopic (exact) mass is 1050 g/mol. The standard InChI is InChI=1S/2C28H22N6O3.2ClH/c2*1-33-16-13-23(14-17-33)30-20-6-8-22(9-7-20)32-28(35)19-2-4-21(5-3-19)31-26-12-15-29-27-18-24(34(36)37)10-11-25(26)27;;/h2*2-18H,1H3,(H2,29,31,32,35);2*1H. The van der Waals surface area contributed by atoms with Gasteiger partial charge in [0.15, 0.2) is 24.8 Å². The van der Waals surface area contributed by atoms with E-state index in [1.165, 1.54) is 24.3 Å². The van der Waals surface area contributed by atoms with Gasteiger partial charge in [0.1, 0.15) is 14.1 Å². The summed E-state index contributed by atoms with van der Waals surface area (Å²) in [5.41, 5.74) is 10.3. The summed E-state index contributed by atoms with van der Waals surface area (Å²) < 4.78 is 3.92. The van der Waals surface area contributed by atoms with Crippen molar-refractivity contribution in [1.82, 2.24) is 9.97 Å². The predicted octanol–water partition coefficient (Wildman–Crippen LogP) is 5.42. The molecule has 0 aliphatic rings. The van der Waals surface area contributed by atoms with Gasteiger partial charge < -0.3 is 56.7 Å². The molecule has 0 fully saturated rings. The molecule has 0 bridgehead atoms. The minimum atomic E-state index is -0.443. The SMILES string of the molecule is C[n+]1ccc(Nc2ccc(NC(=O)c3ccc(Nc4ccnc5cc([N+](=O)[O-])ccc45)cc3)cc2)cc1.C[n+]1ccc(Nc2ccc(NC(=O)c3ccc(Nc4ccnc5cc([N+](=O)[O-])ccc45)cc3)cc2)cc1.[Cl-].[Cl-]. The van der Waals surface area contributed by atoms with Gasteiger partial charge in [-0.2, -0.15) is 0 Å². The average Bonchev–Trinajstić information content (AvgIpc) is 3.41. The number of halogens is 2. The molecule has 4 heterocycles. The molecule has 0 radical (unpaired) electrons. The number of aromatic nitrogens is 4. The Morgan fingerprint density at radius 3 is 1.05 bits per heavy atom. The molecule has 4 aromatic heterocycles. The second-order valence-corrected chi connectivity index (χ2v) is 16.9. The first-order valence-corrected chi connectivity index (χ1v) is 23.0. The van der Waals surface area contributed by atoms with Crippen LogP contribution in [0.25, 0.3) is 21.8 Å². The summed E-state index contributed by atoms with van der Waals surface area (Å²) in [4.78, 5) is 55.1. The van der Waals surface area contributed by atoms with E-state index < -0.39 is 9.85 Å². The number of aryl methyl sites for hydroxylation is 2. The lowest BCUT2D eigenvalue weighted by molar-refractivity contribution is -0.671. The van der Waals surface area contributed by atoms with Crippen LogP contribution in [0, 0.1) is 20.2 Å². The average molecular weight is 1050 g/mol. The highest BCUT2D eigenvalue weighted by molar-refractivity contribution is 6.05. The van der Waals surface area contributed by atoms with Gasteiger partial charge in [0.25, 0.3) is 23.2 Å². The number of carbonyl (C=O) groups is 2. The van der Waals surface area contributed by atoms with Crippen LogP contribution in [0.4, 0.5) is 68.2 Å². The number of amides is 2. The fourth-order valence-electron chi connectivity index (χ4n) is 7.62. The van der Waals surface area contributed by atoms with Crippen molar-refractivity contribution in [3.05, 3.63) is 238 Å². The van der Waals surface area contributed by atoms with Crippen LogP contribution in [0.2, 0.25) is 0 Å². The largest absolute Gasteiger partial charge is 1.00 e. The number of benzene rings is 6. The quantitative estimate of drug-likeness (QED) is 0.0456. The number of rotatable bonds is 14. The molecule has 6 aromatic carbocycles. The molecule has 0 saturated heterocycles. The van der Waals surface area contributed by atoms with E-state index >= 15 is 0 Å². The van der Waals surface area contributed by atoms with Gasteiger partial charge in [-0.15, -0.1) is 0 Å². The van der Waals surface area contributed by atoms with Crippen LogP contribution in [0.3, 0.4) is 0 Å². The maximum atomic E-state index is 12.7. The number of hydrogen-bond donors (Lipinski definition) is 6. The maximum absolute atomic E-state index is 12.7. The smallest absolute Gasteiger partial charge is 0.271 e. The topological polar surface area (TPSA) is 226 Å². The molecule has 380 valence electrons. The molecule has 20 heteroatoms. The zero-order valence-electron chi connectivity index (χ0n) is 40.5. The third-order valence-electron chi connectivity index (χ3n) is 11.5. The van der Waals surface area contributed by atoms with Crippen molar-refractivity contribution in [2.75, 3.05) is 31.9 Å². The number of nitro benzene ring substituents is 2. The second kappa shape index (κ2) is 24.6. The molecular formula is C56H46Cl2N12O6. The van der Waals surface area contributed by atoms with E-state index in [1.807, 2.05) is 121 Å².